The highest BCUT2D eigenvalue weighted by atomic mass is 16.5. The van der Waals surface area contributed by atoms with Crippen LogP contribution in [0.15, 0.2) is 10.6 Å². The van der Waals surface area contributed by atoms with Crippen LogP contribution >= 0.6 is 0 Å². The predicted octanol–water partition coefficient (Wildman–Crippen LogP) is 0.599. The largest absolute Gasteiger partial charge is 0.359 e. The number of aromatic nitrogens is 1. The topological polar surface area (TPSA) is 67.2 Å². The molecule has 2 rings (SSSR count). The van der Waals surface area contributed by atoms with Crippen LogP contribution in [-0.2, 0) is 11.3 Å². The molecule has 88 valence electrons. The molecule has 0 aliphatic carbocycles. The van der Waals surface area contributed by atoms with E-state index in [9.17, 15) is 4.79 Å². The van der Waals surface area contributed by atoms with Crippen molar-refractivity contribution in [1.82, 2.24) is 15.8 Å². The zero-order chi connectivity index (χ0) is 11.4. The van der Waals surface area contributed by atoms with Crippen molar-refractivity contribution in [3.63, 3.8) is 0 Å². The Morgan fingerprint density at radius 1 is 1.75 bits per heavy atom. The van der Waals surface area contributed by atoms with Crippen LogP contribution in [0, 0.1) is 12.8 Å². The summed E-state index contributed by atoms with van der Waals surface area (Å²) in [5, 5.41) is 9.86. The second kappa shape index (κ2) is 5.12. The third kappa shape index (κ3) is 2.82. The Labute approximate surface area is 94.6 Å². The van der Waals surface area contributed by atoms with E-state index in [1.54, 1.807) is 0 Å². The fourth-order valence-electron chi connectivity index (χ4n) is 1.89. The van der Waals surface area contributed by atoms with Crippen LogP contribution in [0.25, 0.3) is 0 Å². The van der Waals surface area contributed by atoms with E-state index in [4.69, 9.17) is 4.52 Å². The highest BCUT2D eigenvalue weighted by Crippen LogP contribution is 2.10. The zero-order valence-corrected chi connectivity index (χ0v) is 9.45. The van der Waals surface area contributed by atoms with Crippen molar-refractivity contribution >= 4 is 5.91 Å². The van der Waals surface area contributed by atoms with Crippen LogP contribution in [-0.4, -0.2) is 24.2 Å². The molecule has 1 fully saturated rings. The van der Waals surface area contributed by atoms with Gasteiger partial charge in [-0.05, 0) is 26.3 Å². The molecule has 0 saturated carbocycles. The number of piperidine rings is 1. The van der Waals surface area contributed by atoms with Crippen molar-refractivity contribution in [3.05, 3.63) is 17.5 Å². The fraction of sp³-hybridized carbons (Fsp3) is 0.636. The lowest BCUT2D eigenvalue weighted by Gasteiger charge is -2.21. The Morgan fingerprint density at radius 3 is 3.25 bits per heavy atom. The molecule has 0 spiro atoms. The number of carbonyl (C=O) groups is 1. The van der Waals surface area contributed by atoms with Gasteiger partial charge in [-0.25, -0.2) is 0 Å². The maximum Gasteiger partial charge on any atom is 0.224 e. The second-order valence-electron chi connectivity index (χ2n) is 4.20. The number of hydrogen-bond donors (Lipinski definition) is 2. The van der Waals surface area contributed by atoms with Crippen molar-refractivity contribution in [3.8, 4) is 0 Å². The molecule has 1 aromatic rings. The van der Waals surface area contributed by atoms with E-state index >= 15 is 0 Å². The Bertz CT molecular complexity index is 356. The summed E-state index contributed by atoms with van der Waals surface area (Å²) >= 11 is 0. The summed E-state index contributed by atoms with van der Waals surface area (Å²) in [5.41, 5.74) is 0.837. The van der Waals surface area contributed by atoms with Gasteiger partial charge in [0.1, 0.15) is 0 Å². The molecule has 0 radical (unpaired) electrons. The summed E-state index contributed by atoms with van der Waals surface area (Å²) in [5.74, 6) is 0.897. The minimum Gasteiger partial charge on any atom is -0.359 e. The Morgan fingerprint density at radius 2 is 2.62 bits per heavy atom. The van der Waals surface area contributed by atoms with Gasteiger partial charge in [0.05, 0.1) is 18.2 Å². The van der Waals surface area contributed by atoms with Gasteiger partial charge in [-0.1, -0.05) is 5.16 Å². The van der Waals surface area contributed by atoms with Gasteiger partial charge in [0.2, 0.25) is 5.91 Å². The first-order chi connectivity index (χ1) is 7.75. The zero-order valence-electron chi connectivity index (χ0n) is 9.45. The number of nitrogens with one attached hydrogen (secondary N) is 2. The van der Waals surface area contributed by atoms with Gasteiger partial charge in [0, 0.05) is 12.6 Å². The normalized spacial score (nSPS) is 20.7. The average molecular weight is 223 g/mol. The third-order valence-corrected chi connectivity index (χ3v) is 2.78. The molecule has 2 N–H and O–H groups in total. The molecule has 1 aliphatic heterocycles. The smallest absolute Gasteiger partial charge is 0.224 e. The van der Waals surface area contributed by atoms with E-state index in [0.29, 0.717) is 12.3 Å². The monoisotopic (exact) mass is 223 g/mol. The maximum absolute atomic E-state index is 11.8. The number of amides is 1. The minimum atomic E-state index is 0.0952. The van der Waals surface area contributed by atoms with Crippen molar-refractivity contribution < 1.29 is 9.32 Å². The number of aryl methyl sites for hydroxylation is 1. The van der Waals surface area contributed by atoms with E-state index in [0.717, 1.165) is 31.6 Å². The first-order valence-corrected chi connectivity index (χ1v) is 5.66. The van der Waals surface area contributed by atoms with E-state index in [1.807, 2.05) is 13.0 Å². The van der Waals surface area contributed by atoms with Crippen LogP contribution < -0.4 is 10.6 Å². The maximum atomic E-state index is 11.8. The molecule has 1 atom stereocenters. The SMILES string of the molecule is Cc1cc(CNC(=O)[C@H]2CCCNC2)on1. The molecule has 1 aliphatic rings. The molecular formula is C11H17N3O2. The van der Waals surface area contributed by atoms with Gasteiger partial charge < -0.3 is 15.2 Å². The summed E-state index contributed by atoms with van der Waals surface area (Å²) < 4.78 is 5.02. The highest BCUT2D eigenvalue weighted by molar-refractivity contribution is 5.78. The average Bonchev–Trinajstić information content (AvgIpc) is 2.73. The Kier molecular flexibility index (Phi) is 3.56. The molecule has 0 unspecified atom stereocenters. The lowest BCUT2D eigenvalue weighted by molar-refractivity contribution is -0.125. The van der Waals surface area contributed by atoms with Crippen LogP contribution in [0.2, 0.25) is 0 Å². The van der Waals surface area contributed by atoms with Crippen LogP contribution in [0.4, 0.5) is 0 Å². The van der Waals surface area contributed by atoms with Crippen LogP contribution in [0.5, 0.6) is 0 Å². The lowest BCUT2D eigenvalue weighted by atomic mass is 9.99. The molecule has 0 bridgehead atoms. The molecule has 5 nitrogen and oxygen atoms in total. The van der Waals surface area contributed by atoms with Crippen molar-refractivity contribution in [1.29, 1.82) is 0 Å². The minimum absolute atomic E-state index is 0.0952. The predicted molar refractivity (Wildman–Crippen MR) is 58.7 cm³/mol. The molecule has 1 amide bonds. The van der Waals surface area contributed by atoms with E-state index in [1.165, 1.54) is 0 Å². The number of hydrogen-bond acceptors (Lipinski definition) is 4. The Hall–Kier alpha value is -1.36. The summed E-state index contributed by atoms with van der Waals surface area (Å²) in [6.07, 6.45) is 2.04. The lowest BCUT2D eigenvalue weighted by Crippen LogP contribution is -2.40. The molecule has 5 heteroatoms. The Balaban J connectivity index is 1.78. The number of carbonyl (C=O) groups excluding carboxylic acids is 1. The van der Waals surface area contributed by atoms with E-state index in [2.05, 4.69) is 15.8 Å². The fourth-order valence-corrected chi connectivity index (χ4v) is 1.89. The summed E-state index contributed by atoms with van der Waals surface area (Å²) in [6, 6.07) is 1.83. The van der Waals surface area contributed by atoms with Gasteiger partial charge >= 0.3 is 0 Å². The van der Waals surface area contributed by atoms with Gasteiger partial charge in [0.25, 0.3) is 0 Å². The number of nitrogens with zero attached hydrogens (tertiary/aromatic N) is 1. The summed E-state index contributed by atoms with van der Waals surface area (Å²) in [4.78, 5) is 11.8. The van der Waals surface area contributed by atoms with Crippen LogP contribution in [0.3, 0.4) is 0 Å². The second-order valence-corrected chi connectivity index (χ2v) is 4.20. The molecule has 16 heavy (non-hydrogen) atoms. The molecule has 1 saturated heterocycles. The standard InChI is InChI=1S/C11H17N3O2/c1-8-5-10(16-14-8)7-13-11(15)9-3-2-4-12-6-9/h5,9,12H,2-4,6-7H2,1H3,(H,13,15)/t9-/m0/s1. The molecule has 2 heterocycles. The van der Waals surface area contributed by atoms with Gasteiger partial charge in [-0.2, -0.15) is 0 Å². The molecule has 1 aromatic heterocycles. The van der Waals surface area contributed by atoms with Gasteiger partial charge in [-0.3, -0.25) is 4.79 Å². The van der Waals surface area contributed by atoms with Crippen LogP contribution in [0.1, 0.15) is 24.3 Å². The third-order valence-electron chi connectivity index (χ3n) is 2.78. The number of rotatable bonds is 3. The summed E-state index contributed by atoms with van der Waals surface area (Å²) in [6.45, 7) is 4.09. The van der Waals surface area contributed by atoms with Crippen molar-refractivity contribution in [2.45, 2.75) is 26.3 Å². The van der Waals surface area contributed by atoms with Crippen molar-refractivity contribution in [2.24, 2.45) is 5.92 Å². The highest BCUT2D eigenvalue weighted by Gasteiger charge is 2.20. The first kappa shape index (κ1) is 11.1. The molecule has 0 aromatic carbocycles. The summed E-state index contributed by atoms with van der Waals surface area (Å²) in [7, 11) is 0. The molecular weight excluding hydrogens is 206 g/mol. The van der Waals surface area contributed by atoms with Crippen molar-refractivity contribution in [2.75, 3.05) is 13.1 Å². The van der Waals surface area contributed by atoms with Gasteiger partial charge in [-0.15, -0.1) is 0 Å². The van der Waals surface area contributed by atoms with Gasteiger partial charge in [0.15, 0.2) is 5.76 Å². The quantitative estimate of drug-likeness (QED) is 0.787. The first-order valence-electron chi connectivity index (χ1n) is 5.66. The van der Waals surface area contributed by atoms with E-state index in [-0.39, 0.29) is 11.8 Å². The van der Waals surface area contributed by atoms with E-state index < -0.39 is 0 Å².